The molecule has 1 saturated heterocycles. The largest absolute Gasteiger partial charge is 0.361 e. The van der Waals surface area contributed by atoms with Crippen LogP contribution in [-0.2, 0) is 11.2 Å². The highest BCUT2D eigenvalue weighted by atomic mass is 16.2. The summed E-state index contributed by atoms with van der Waals surface area (Å²) in [6.45, 7) is 4.44. The minimum Gasteiger partial charge on any atom is -0.361 e. The second-order valence-corrected chi connectivity index (χ2v) is 7.13. The summed E-state index contributed by atoms with van der Waals surface area (Å²) in [6, 6.07) is 8.21. The van der Waals surface area contributed by atoms with Crippen molar-refractivity contribution in [2.45, 2.75) is 13.3 Å². The molecule has 8 heteroatoms. The number of carbonyl (C=O) groups excluding carboxylic acids is 2. The predicted molar refractivity (Wildman–Crippen MR) is 111 cm³/mol. The number of rotatable bonds is 5. The lowest BCUT2D eigenvalue weighted by atomic mass is 10.1. The zero-order chi connectivity index (χ0) is 20.2. The summed E-state index contributed by atoms with van der Waals surface area (Å²) in [5, 5.41) is 4.43. The molecule has 29 heavy (non-hydrogen) atoms. The van der Waals surface area contributed by atoms with Crippen molar-refractivity contribution >= 4 is 28.7 Å². The van der Waals surface area contributed by atoms with Crippen molar-refractivity contribution < 1.29 is 9.59 Å². The van der Waals surface area contributed by atoms with Crippen molar-refractivity contribution in [1.82, 2.24) is 24.8 Å². The Hall–Kier alpha value is -3.42. The first-order valence-corrected chi connectivity index (χ1v) is 9.77. The highest BCUT2D eigenvalue weighted by Gasteiger charge is 2.23. The molecule has 1 aliphatic rings. The van der Waals surface area contributed by atoms with E-state index in [4.69, 9.17) is 0 Å². The van der Waals surface area contributed by atoms with Gasteiger partial charge in [0, 0.05) is 69.1 Å². The second kappa shape index (κ2) is 8.30. The van der Waals surface area contributed by atoms with E-state index in [0.29, 0.717) is 44.2 Å². The Morgan fingerprint density at radius 3 is 2.48 bits per heavy atom. The van der Waals surface area contributed by atoms with Crippen LogP contribution in [0.25, 0.3) is 10.9 Å². The molecule has 0 saturated carbocycles. The van der Waals surface area contributed by atoms with Gasteiger partial charge in [-0.2, -0.15) is 0 Å². The van der Waals surface area contributed by atoms with E-state index < -0.39 is 0 Å². The zero-order valence-corrected chi connectivity index (χ0v) is 16.4. The molecule has 2 aromatic heterocycles. The molecule has 0 radical (unpaired) electrons. The Kier molecular flexibility index (Phi) is 5.41. The third-order valence-corrected chi connectivity index (χ3v) is 5.26. The summed E-state index contributed by atoms with van der Waals surface area (Å²) in [5.41, 5.74) is 2.83. The number of amides is 2. The monoisotopic (exact) mass is 392 g/mol. The van der Waals surface area contributed by atoms with E-state index in [-0.39, 0.29) is 11.8 Å². The Labute approximate surface area is 168 Å². The van der Waals surface area contributed by atoms with Crippen molar-refractivity contribution in [2.75, 3.05) is 38.0 Å². The third kappa shape index (κ3) is 4.21. The number of H-pyrrole nitrogens is 1. The molecule has 1 aliphatic heterocycles. The molecule has 1 fully saturated rings. The molecular formula is C21H24N6O2. The molecule has 0 spiro atoms. The quantitative estimate of drug-likeness (QED) is 0.692. The van der Waals surface area contributed by atoms with E-state index in [1.165, 1.54) is 10.9 Å². The lowest BCUT2D eigenvalue weighted by Gasteiger charge is -2.34. The van der Waals surface area contributed by atoms with Crippen LogP contribution in [0.5, 0.6) is 0 Å². The maximum atomic E-state index is 12.6. The van der Waals surface area contributed by atoms with Crippen molar-refractivity contribution in [3.05, 3.63) is 54.0 Å². The molecule has 0 unspecified atom stereocenters. The number of para-hydroxylation sites is 1. The molecule has 2 N–H and O–H groups in total. The highest BCUT2D eigenvalue weighted by molar-refractivity contribution is 5.94. The number of hydrogen-bond acceptors (Lipinski definition) is 5. The van der Waals surface area contributed by atoms with Crippen LogP contribution in [0, 0.1) is 0 Å². The molecular weight excluding hydrogens is 368 g/mol. The first-order valence-electron chi connectivity index (χ1n) is 9.77. The molecule has 1 aromatic carbocycles. The molecule has 8 nitrogen and oxygen atoms in total. The topological polar surface area (TPSA) is 94.2 Å². The number of aromatic nitrogens is 3. The van der Waals surface area contributed by atoms with Gasteiger partial charge in [-0.05, 0) is 18.1 Å². The van der Waals surface area contributed by atoms with Crippen LogP contribution in [0.3, 0.4) is 0 Å². The van der Waals surface area contributed by atoms with Crippen LogP contribution in [0.2, 0.25) is 0 Å². The van der Waals surface area contributed by atoms with Crippen molar-refractivity contribution in [1.29, 1.82) is 0 Å². The highest BCUT2D eigenvalue weighted by Crippen LogP contribution is 2.18. The van der Waals surface area contributed by atoms with Crippen molar-refractivity contribution in [3.63, 3.8) is 0 Å². The van der Waals surface area contributed by atoms with E-state index in [9.17, 15) is 9.59 Å². The van der Waals surface area contributed by atoms with Gasteiger partial charge >= 0.3 is 0 Å². The van der Waals surface area contributed by atoms with Gasteiger partial charge in [0.25, 0.3) is 5.91 Å². The van der Waals surface area contributed by atoms with E-state index in [0.717, 1.165) is 11.9 Å². The van der Waals surface area contributed by atoms with E-state index in [1.807, 2.05) is 18.3 Å². The van der Waals surface area contributed by atoms with Crippen LogP contribution in [0.15, 0.2) is 42.9 Å². The predicted octanol–water partition coefficient (Wildman–Crippen LogP) is 1.92. The van der Waals surface area contributed by atoms with Crippen LogP contribution < -0.4 is 5.32 Å². The Morgan fingerprint density at radius 1 is 1.07 bits per heavy atom. The van der Waals surface area contributed by atoms with Crippen LogP contribution >= 0.6 is 0 Å². The summed E-state index contributed by atoms with van der Waals surface area (Å²) in [4.78, 5) is 39.3. The van der Waals surface area contributed by atoms with Crippen LogP contribution in [0.1, 0.15) is 22.8 Å². The van der Waals surface area contributed by atoms with Crippen molar-refractivity contribution in [3.8, 4) is 0 Å². The van der Waals surface area contributed by atoms with Gasteiger partial charge in [-0.1, -0.05) is 18.2 Å². The minimum atomic E-state index is -0.0986. The fourth-order valence-corrected chi connectivity index (χ4v) is 3.58. The average molecular weight is 392 g/mol. The van der Waals surface area contributed by atoms with Gasteiger partial charge in [0.05, 0.1) is 5.56 Å². The summed E-state index contributed by atoms with van der Waals surface area (Å²) in [7, 11) is 0. The molecule has 150 valence electrons. The fraction of sp³-hybridized carbons (Fsp3) is 0.333. The third-order valence-electron chi connectivity index (χ3n) is 5.26. The number of benzene rings is 1. The van der Waals surface area contributed by atoms with E-state index >= 15 is 0 Å². The SMILES string of the molecule is CC(=O)N1CCN(C(=O)c2cnc(NCCc3c[nH]c4ccccc34)nc2)CC1. The second-order valence-electron chi connectivity index (χ2n) is 7.13. The Balaban J connectivity index is 1.30. The van der Waals surface area contributed by atoms with Gasteiger partial charge in [0.15, 0.2) is 0 Å². The van der Waals surface area contributed by atoms with E-state index in [2.05, 4.69) is 32.4 Å². The lowest BCUT2D eigenvalue weighted by molar-refractivity contribution is -0.130. The number of piperazine rings is 1. The molecule has 0 atom stereocenters. The summed E-state index contributed by atoms with van der Waals surface area (Å²) >= 11 is 0. The van der Waals surface area contributed by atoms with Gasteiger partial charge in [0.1, 0.15) is 0 Å². The number of hydrogen-bond donors (Lipinski definition) is 2. The smallest absolute Gasteiger partial charge is 0.257 e. The molecule has 4 rings (SSSR count). The maximum absolute atomic E-state index is 12.6. The maximum Gasteiger partial charge on any atom is 0.257 e. The number of carbonyl (C=O) groups is 2. The zero-order valence-electron chi connectivity index (χ0n) is 16.4. The van der Waals surface area contributed by atoms with E-state index in [1.54, 1.807) is 29.1 Å². The minimum absolute atomic E-state index is 0.0449. The summed E-state index contributed by atoms with van der Waals surface area (Å²) < 4.78 is 0. The molecule has 2 amide bonds. The van der Waals surface area contributed by atoms with Gasteiger partial charge in [-0.25, -0.2) is 9.97 Å². The summed E-state index contributed by atoms with van der Waals surface area (Å²) in [6.07, 6.45) is 5.98. The molecule has 0 bridgehead atoms. The van der Waals surface area contributed by atoms with Crippen LogP contribution in [0.4, 0.5) is 5.95 Å². The molecule has 3 aromatic rings. The average Bonchev–Trinajstić information content (AvgIpc) is 3.17. The van der Waals surface area contributed by atoms with Gasteiger partial charge in [-0.3, -0.25) is 9.59 Å². The van der Waals surface area contributed by atoms with Gasteiger partial charge < -0.3 is 20.1 Å². The van der Waals surface area contributed by atoms with Gasteiger partial charge in [0.2, 0.25) is 11.9 Å². The molecule has 3 heterocycles. The normalized spacial score (nSPS) is 14.2. The van der Waals surface area contributed by atoms with Crippen LogP contribution in [-0.4, -0.2) is 69.3 Å². The number of aromatic amines is 1. The fourth-order valence-electron chi connectivity index (χ4n) is 3.58. The Bertz CT molecular complexity index is 1010. The summed E-state index contributed by atoms with van der Waals surface area (Å²) in [5.74, 6) is 0.449. The van der Waals surface area contributed by atoms with Crippen molar-refractivity contribution in [2.24, 2.45) is 0 Å². The standard InChI is InChI=1S/C21H24N6O2/c1-15(28)26-8-10-27(11-9-26)20(29)17-13-24-21(25-14-17)22-7-6-16-12-23-19-5-3-2-4-18(16)19/h2-5,12-14,23H,6-11H2,1H3,(H,22,24,25). The number of nitrogens with zero attached hydrogens (tertiary/aromatic N) is 4. The Morgan fingerprint density at radius 2 is 1.76 bits per heavy atom. The number of nitrogens with one attached hydrogen (secondary N) is 2. The lowest BCUT2D eigenvalue weighted by Crippen LogP contribution is -2.50. The molecule has 0 aliphatic carbocycles. The number of fused-ring (bicyclic) bond motifs is 1. The first kappa shape index (κ1) is 18.9. The first-order chi connectivity index (χ1) is 14.1. The van der Waals surface area contributed by atoms with Gasteiger partial charge in [-0.15, -0.1) is 0 Å². The number of anilines is 1.